The van der Waals surface area contributed by atoms with Gasteiger partial charge in [0.15, 0.2) is 0 Å². The Kier molecular flexibility index (Phi) is 5.38. The quantitative estimate of drug-likeness (QED) is 0.657. The number of furan rings is 1. The largest absolute Gasteiger partial charge is 0.493 e. The molecule has 0 spiro atoms. The zero-order valence-electron chi connectivity index (χ0n) is 12.2. The number of para-hydroxylation sites is 1. The summed E-state index contributed by atoms with van der Waals surface area (Å²) in [5, 5.41) is 11.8. The van der Waals surface area contributed by atoms with E-state index in [1.807, 2.05) is 25.1 Å². The molecule has 0 bridgehead atoms. The van der Waals surface area contributed by atoms with E-state index in [0.717, 1.165) is 0 Å². The highest BCUT2D eigenvalue weighted by atomic mass is 16.5. The van der Waals surface area contributed by atoms with Crippen LogP contribution in [-0.2, 0) is 11.3 Å². The van der Waals surface area contributed by atoms with Gasteiger partial charge < -0.3 is 14.5 Å². The van der Waals surface area contributed by atoms with Crippen LogP contribution in [0.5, 0.6) is 5.75 Å². The number of hydrogen-bond acceptors (Lipinski definition) is 4. The van der Waals surface area contributed by atoms with Crippen LogP contribution in [0.15, 0.2) is 52.7 Å². The minimum absolute atomic E-state index is 0.0127. The molecule has 0 radical (unpaired) electrons. The van der Waals surface area contributed by atoms with Gasteiger partial charge in [-0.05, 0) is 31.2 Å². The molecule has 1 heterocycles. The van der Waals surface area contributed by atoms with E-state index in [2.05, 4.69) is 5.32 Å². The second kappa shape index (κ2) is 7.70. The molecule has 0 saturated carbocycles. The number of carbonyl (C=O) groups is 1. The number of hydrogen-bond donors (Lipinski definition) is 1. The van der Waals surface area contributed by atoms with Crippen LogP contribution in [0.1, 0.15) is 18.2 Å². The summed E-state index contributed by atoms with van der Waals surface area (Å²) in [7, 11) is 0. The Labute approximate surface area is 128 Å². The van der Waals surface area contributed by atoms with Crippen molar-refractivity contribution in [3.8, 4) is 11.8 Å². The van der Waals surface area contributed by atoms with Gasteiger partial charge in [-0.25, -0.2) is 0 Å². The average Bonchev–Trinajstić information content (AvgIpc) is 3.05. The van der Waals surface area contributed by atoms with Crippen molar-refractivity contribution in [2.45, 2.75) is 13.5 Å². The molecule has 5 heteroatoms. The molecule has 0 atom stereocenters. The van der Waals surface area contributed by atoms with E-state index in [0.29, 0.717) is 23.7 Å². The molecule has 2 aromatic rings. The van der Waals surface area contributed by atoms with Crippen molar-refractivity contribution >= 4 is 12.0 Å². The molecule has 1 N–H and O–H groups in total. The maximum atomic E-state index is 12.1. The Morgan fingerprint density at radius 3 is 2.86 bits per heavy atom. The minimum atomic E-state index is -0.454. The molecule has 0 aliphatic carbocycles. The average molecular weight is 296 g/mol. The molecule has 1 aromatic carbocycles. The predicted octanol–water partition coefficient (Wildman–Crippen LogP) is 2.90. The second-order valence-corrected chi connectivity index (χ2v) is 4.40. The first-order chi connectivity index (χ1) is 10.7. The maximum absolute atomic E-state index is 12.1. The smallest absolute Gasteiger partial charge is 0.262 e. The molecule has 0 unspecified atom stereocenters. The van der Waals surface area contributed by atoms with Gasteiger partial charge in [0, 0.05) is 5.56 Å². The topological polar surface area (TPSA) is 75.3 Å². The van der Waals surface area contributed by atoms with Gasteiger partial charge in [-0.1, -0.05) is 18.2 Å². The summed E-state index contributed by atoms with van der Waals surface area (Å²) in [6.07, 6.45) is 3.04. The highest BCUT2D eigenvalue weighted by molar-refractivity contribution is 6.01. The van der Waals surface area contributed by atoms with Crippen LogP contribution in [-0.4, -0.2) is 12.5 Å². The van der Waals surface area contributed by atoms with Crippen LogP contribution in [0.2, 0.25) is 0 Å². The third-order valence-electron chi connectivity index (χ3n) is 2.89. The molecule has 2 rings (SSSR count). The molecule has 1 aromatic heterocycles. The van der Waals surface area contributed by atoms with E-state index in [-0.39, 0.29) is 12.1 Å². The van der Waals surface area contributed by atoms with Gasteiger partial charge >= 0.3 is 0 Å². The third kappa shape index (κ3) is 4.00. The lowest BCUT2D eigenvalue weighted by Gasteiger charge is -2.07. The van der Waals surface area contributed by atoms with Crippen molar-refractivity contribution in [2.24, 2.45) is 0 Å². The van der Waals surface area contributed by atoms with Gasteiger partial charge in [-0.3, -0.25) is 4.79 Å². The fraction of sp³-hybridized carbons (Fsp3) is 0.176. The number of nitrogens with one attached hydrogen (secondary N) is 1. The first-order valence-corrected chi connectivity index (χ1v) is 6.88. The fourth-order valence-electron chi connectivity index (χ4n) is 1.87. The second-order valence-electron chi connectivity index (χ2n) is 4.40. The van der Waals surface area contributed by atoms with Crippen LogP contribution in [0.3, 0.4) is 0 Å². The van der Waals surface area contributed by atoms with Crippen LogP contribution < -0.4 is 10.1 Å². The highest BCUT2D eigenvalue weighted by Gasteiger charge is 2.11. The summed E-state index contributed by atoms with van der Waals surface area (Å²) in [6.45, 7) is 2.62. The lowest BCUT2D eigenvalue weighted by atomic mass is 10.1. The van der Waals surface area contributed by atoms with E-state index in [9.17, 15) is 10.1 Å². The number of carbonyl (C=O) groups excluding carboxylic acids is 1. The normalized spacial score (nSPS) is 10.8. The predicted molar refractivity (Wildman–Crippen MR) is 81.8 cm³/mol. The monoisotopic (exact) mass is 296 g/mol. The van der Waals surface area contributed by atoms with E-state index in [1.165, 1.54) is 12.3 Å². The van der Waals surface area contributed by atoms with Crippen molar-refractivity contribution in [1.29, 1.82) is 5.26 Å². The van der Waals surface area contributed by atoms with Gasteiger partial charge in [0.2, 0.25) is 0 Å². The molecular formula is C17H16N2O3. The Hall–Kier alpha value is -3.00. The number of nitriles is 1. The molecule has 5 nitrogen and oxygen atoms in total. The molecule has 1 amide bonds. The van der Waals surface area contributed by atoms with Gasteiger partial charge in [0.1, 0.15) is 23.2 Å². The summed E-state index contributed by atoms with van der Waals surface area (Å²) in [6, 6.07) is 12.7. The third-order valence-corrected chi connectivity index (χ3v) is 2.89. The minimum Gasteiger partial charge on any atom is -0.493 e. The lowest BCUT2D eigenvalue weighted by Crippen LogP contribution is -2.23. The SMILES string of the molecule is CCOc1ccccc1/C=C(/C#N)C(=O)NCc1ccco1. The van der Waals surface area contributed by atoms with Crippen molar-refractivity contribution in [2.75, 3.05) is 6.61 Å². The first-order valence-electron chi connectivity index (χ1n) is 6.88. The zero-order valence-corrected chi connectivity index (χ0v) is 12.2. The molecule has 0 aliphatic heterocycles. The number of ether oxygens (including phenoxy) is 1. The molecule has 0 aliphatic rings. The van der Waals surface area contributed by atoms with Gasteiger partial charge in [-0.15, -0.1) is 0 Å². The van der Waals surface area contributed by atoms with Crippen molar-refractivity contribution in [1.82, 2.24) is 5.32 Å². The number of rotatable bonds is 6. The summed E-state index contributed by atoms with van der Waals surface area (Å²) in [5.74, 6) is 0.808. The van der Waals surface area contributed by atoms with E-state index >= 15 is 0 Å². The molecule has 112 valence electrons. The molecule has 0 fully saturated rings. The summed E-state index contributed by atoms with van der Waals surface area (Å²) < 4.78 is 10.6. The molecule has 22 heavy (non-hydrogen) atoms. The number of benzene rings is 1. The summed E-state index contributed by atoms with van der Waals surface area (Å²) in [5.41, 5.74) is 0.702. The van der Waals surface area contributed by atoms with Crippen LogP contribution >= 0.6 is 0 Å². The molecular weight excluding hydrogens is 280 g/mol. The van der Waals surface area contributed by atoms with Gasteiger partial charge in [0.25, 0.3) is 5.91 Å². The van der Waals surface area contributed by atoms with Crippen molar-refractivity contribution < 1.29 is 13.9 Å². The Bertz CT molecular complexity index is 697. The van der Waals surface area contributed by atoms with Gasteiger partial charge in [0.05, 0.1) is 19.4 Å². The Morgan fingerprint density at radius 2 is 2.18 bits per heavy atom. The fourth-order valence-corrected chi connectivity index (χ4v) is 1.87. The van der Waals surface area contributed by atoms with Crippen LogP contribution in [0, 0.1) is 11.3 Å². The lowest BCUT2D eigenvalue weighted by molar-refractivity contribution is -0.117. The molecule has 0 saturated heterocycles. The summed E-state index contributed by atoms with van der Waals surface area (Å²) in [4.78, 5) is 12.1. The van der Waals surface area contributed by atoms with Crippen LogP contribution in [0.25, 0.3) is 6.08 Å². The van der Waals surface area contributed by atoms with E-state index in [4.69, 9.17) is 9.15 Å². The number of amides is 1. The van der Waals surface area contributed by atoms with Gasteiger partial charge in [-0.2, -0.15) is 5.26 Å². The van der Waals surface area contributed by atoms with E-state index < -0.39 is 5.91 Å². The summed E-state index contributed by atoms with van der Waals surface area (Å²) >= 11 is 0. The Balaban J connectivity index is 2.13. The first kappa shape index (κ1) is 15.4. The zero-order chi connectivity index (χ0) is 15.8. The standard InChI is InChI=1S/C17H16N2O3/c1-2-21-16-8-4-3-6-13(16)10-14(11-18)17(20)19-12-15-7-5-9-22-15/h3-10H,2,12H2,1H3,(H,19,20)/b14-10-. The van der Waals surface area contributed by atoms with Crippen molar-refractivity contribution in [3.05, 3.63) is 59.6 Å². The highest BCUT2D eigenvalue weighted by Crippen LogP contribution is 2.21. The van der Waals surface area contributed by atoms with Crippen molar-refractivity contribution in [3.63, 3.8) is 0 Å². The Morgan fingerprint density at radius 1 is 1.36 bits per heavy atom. The number of nitrogens with zero attached hydrogens (tertiary/aromatic N) is 1. The van der Waals surface area contributed by atoms with E-state index in [1.54, 1.807) is 24.3 Å². The maximum Gasteiger partial charge on any atom is 0.262 e. The van der Waals surface area contributed by atoms with Crippen LogP contribution in [0.4, 0.5) is 0 Å².